The first-order valence-corrected chi connectivity index (χ1v) is 9.70. The molecule has 2 aromatic rings. The molecule has 0 saturated carbocycles. The minimum Gasteiger partial charge on any atom is -0.508 e. The summed E-state index contributed by atoms with van der Waals surface area (Å²) in [6, 6.07) is 10.1. The van der Waals surface area contributed by atoms with E-state index in [0.717, 1.165) is 47.9 Å². The lowest BCUT2D eigenvalue weighted by atomic mass is 10.2. The number of nitrogens with one attached hydrogen (secondary N) is 1. The molecule has 1 aliphatic heterocycles. The number of aliphatic imine (C=N–C) groups is 1. The maximum absolute atomic E-state index is 14.1. The van der Waals surface area contributed by atoms with Crippen molar-refractivity contribution in [1.82, 2.24) is 9.80 Å². The summed E-state index contributed by atoms with van der Waals surface area (Å²) >= 11 is 3.39. The lowest BCUT2D eigenvalue weighted by Crippen LogP contribution is -2.49. The van der Waals surface area contributed by atoms with E-state index in [2.05, 4.69) is 38.1 Å². The van der Waals surface area contributed by atoms with Crippen LogP contribution in [0.25, 0.3) is 0 Å². The molecule has 7 heteroatoms. The average molecular weight is 435 g/mol. The van der Waals surface area contributed by atoms with Gasteiger partial charge in [-0.15, -0.1) is 0 Å². The van der Waals surface area contributed by atoms with E-state index in [1.807, 2.05) is 13.0 Å². The van der Waals surface area contributed by atoms with Gasteiger partial charge >= 0.3 is 0 Å². The molecule has 27 heavy (non-hydrogen) atoms. The Morgan fingerprint density at radius 1 is 1.19 bits per heavy atom. The van der Waals surface area contributed by atoms with Gasteiger partial charge < -0.3 is 20.2 Å². The van der Waals surface area contributed by atoms with Crippen LogP contribution in [0.2, 0.25) is 0 Å². The van der Waals surface area contributed by atoms with Crippen molar-refractivity contribution < 1.29 is 9.50 Å². The van der Waals surface area contributed by atoms with Gasteiger partial charge in [0.1, 0.15) is 11.6 Å². The van der Waals surface area contributed by atoms with Crippen LogP contribution in [0.1, 0.15) is 11.1 Å². The van der Waals surface area contributed by atoms with Crippen LogP contribution in [0.15, 0.2) is 45.9 Å². The zero-order valence-electron chi connectivity index (χ0n) is 15.5. The number of halogens is 2. The molecule has 1 saturated heterocycles. The molecule has 0 spiro atoms. The van der Waals surface area contributed by atoms with Crippen LogP contribution in [0.5, 0.6) is 5.75 Å². The largest absolute Gasteiger partial charge is 0.508 e. The fourth-order valence-corrected chi connectivity index (χ4v) is 3.38. The first kappa shape index (κ1) is 19.6. The summed E-state index contributed by atoms with van der Waals surface area (Å²) in [6.45, 7) is 5.76. The molecule has 0 bridgehead atoms. The standard InChI is InChI=1S/C20H24BrFN4O/c1-14-11-17(27)4-6-19(14)24-20(26-9-7-25(2)8-10-26)23-13-15-12-16(21)3-5-18(15)22/h3-6,11-12,27H,7-10,13H2,1-2H3,(H,23,24). The molecule has 0 radical (unpaired) electrons. The lowest BCUT2D eigenvalue weighted by molar-refractivity contribution is 0.215. The van der Waals surface area contributed by atoms with Gasteiger partial charge in [0.25, 0.3) is 0 Å². The van der Waals surface area contributed by atoms with Gasteiger partial charge in [0.15, 0.2) is 5.96 Å². The van der Waals surface area contributed by atoms with E-state index < -0.39 is 0 Å². The SMILES string of the molecule is Cc1cc(O)ccc1NC(=NCc1cc(Br)ccc1F)N1CCN(C)CC1. The Bertz CT molecular complexity index is 835. The van der Waals surface area contributed by atoms with E-state index in [9.17, 15) is 9.50 Å². The van der Waals surface area contributed by atoms with Crippen LogP contribution in [0.3, 0.4) is 0 Å². The predicted octanol–water partition coefficient (Wildman–Crippen LogP) is 3.82. The van der Waals surface area contributed by atoms with Crippen LogP contribution < -0.4 is 5.32 Å². The third-order valence-electron chi connectivity index (χ3n) is 4.67. The van der Waals surface area contributed by atoms with Gasteiger partial charge in [0.05, 0.1) is 6.54 Å². The highest BCUT2D eigenvalue weighted by molar-refractivity contribution is 9.10. The van der Waals surface area contributed by atoms with Crippen LogP contribution in [-0.2, 0) is 6.54 Å². The van der Waals surface area contributed by atoms with E-state index in [4.69, 9.17) is 4.99 Å². The Balaban J connectivity index is 1.85. The molecule has 144 valence electrons. The molecule has 0 atom stereocenters. The maximum atomic E-state index is 14.1. The number of likely N-dealkylation sites (N-methyl/N-ethyl adjacent to an activating group) is 1. The summed E-state index contributed by atoms with van der Waals surface area (Å²) in [5, 5.41) is 13.0. The highest BCUT2D eigenvalue weighted by Crippen LogP contribution is 2.21. The number of rotatable bonds is 3. The monoisotopic (exact) mass is 434 g/mol. The van der Waals surface area contributed by atoms with Crippen molar-refractivity contribution in [2.45, 2.75) is 13.5 Å². The second-order valence-corrected chi connectivity index (χ2v) is 7.71. The second kappa shape index (κ2) is 8.71. The van der Waals surface area contributed by atoms with Gasteiger partial charge in [-0.25, -0.2) is 9.38 Å². The predicted molar refractivity (Wildman–Crippen MR) is 111 cm³/mol. The van der Waals surface area contributed by atoms with Gasteiger partial charge in [-0.3, -0.25) is 0 Å². The molecule has 2 aromatic carbocycles. The lowest BCUT2D eigenvalue weighted by Gasteiger charge is -2.35. The number of anilines is 1. The third-order valence-corrected chi connectivity index (χ3v) is 5.16. The van der Waals surface area contributed by atoms with Gasteiger partial charge in [-0.2, -0.15) is 0 Å². The summed E-state index contributed by atoms with van der Waals surface area (Å²) in [5.74, 6) is 0.684. The molecular weight excluding hydrogens is 411 g/mol. The highest BCUT2D eigenvalue weighted by Gasteiger charge is 2.18. The third kappa shape index (κ3) is 5.20. The molecule has 0 aromatic heterocycles. The van der Waals surface area contributed by atoms with E-state index in [1.54, 1.807) is 24.3 Å². The van der Waals surface area contributed by atoms with Gasteiger partial charge in [-0.1, -0.05) is 15.9 Å². The van der Waals surface area contributed by atoms with E-state index in [-0.39, 0.29) is 18.1 Å². The number of guanidine groups is 1. The Morgan fingerprint density at radius 3 is 2.63 bits per heavy atom. The first-order chi connectivity index (χ1) is 12.9. The summed E-state index contributed by atoms with van der Waals surface area (Å²) < 4.78 is 14.9. The van der Waals surface area contributed by atoms with Crippen molar-refractivity contribution >= 4 is 27.6 Å². The molecule has 5 nitrogen and oxygen atoms in total. The number of nitrogens with zero attached hydrogens (tertiary/aromatic N) is 3. The first-order valence-electron chi connectivity index (χ1n) is 8.91. The number of phenolic OH excluding ortho intramolecular Hbond substituents is 1. The molecule has 0 unspecified atom stereocenters. The van der Waals surface area contributed by atoms with E-state index >= 15 is 0 Å². The molecule has 2 N–H and O–H groups in total. The average Bonchev–Trinajstić information content (AvgIpc) is 2.64. The summed E-state index contributed by atoms with van der Waals surface area (Å²) in [5.41, 5.74) is 2.34. The Morgan fingerprint density at radius 2 is 1.93 bits per heavy atom. The molecule has 1 fully saturated rings. The van der Waals surface area contributed by atoms with Crippen molar-refractivity contribution in [3.05, 3.63) is 57.8 Å². The molecular formula is C20H24BrFN4O. The fourth-order valence-electron chi connectivity index (χ4n) is 2.97. The molecule has 1 aliphatic rings. The van der Waals surface area contributed by atoms with Gasteiger partial charge in [-0.05, 0) is 55.9 Å². The van der Waals surface area contributed by atoms with Crippen LogP contribution in [0.4, 0.5) is 10.1 Å². The number of hydrogen-bond donors (Lipinski definition) is 2. The smallest absolute Gasteiger partial charge is 0.198 e. The summed E-state index contributed by atoms with van der Waals surface area (Å²) in [6.07, 6.45) is 0. The molecule has 0 amide bonds. The van der Waals surface area contributed by atoms with E-state index in [0.29, 0.717) is 5.56 Å². The number of benzene rings is 2. The molecule has 1 heterocycles. The fraction of sp³-hybridized carbons (Fsp3) is 0.350. The zero-order valence-corrected chi connectivity index (χ0v) is 17.1. The van der Waals surface area contributed by atoms with Crippen molar-refractivity contribution in [1.29, 1.82) is 0 Å². The zero-order chi connectivity index (χ0) is 19.4. The van der Waals surface area contributed by atoms with Crippen LogP contribution in [-0.4, -0.2) is 54.1 Å². The topological polar surface area (TPSA) is 51.1 Å². The van der Waals surface area contributed by atoms with E-state index in [1.165, 1.54) is 6.07 Å². The number of phenols is 1. The normalized spacial score (nSPS) is 15.9. The minimum atomic E-state index is -0.263. The number of aryl methyl sites for hydroxylation is 1. The second-order valence-electron chi connectivity index (χ2n) is 6.79. The summed E-state index contributed by atoms with van der Waals surface area (Å²) in [7, 11) is 2.10. The van der Waals surface area contributed by atoms with Crippen molar-refractivity contribution in [2.24, 2.45) is 4.99 Å². The Kier molecular flexibility index (Phi) is 6.34. The molecule has 0 aliphatic carbocycles. The highest BCUT2D eigenvalue weighted by atomic mass is 79.9. The quantitative estimate of drug-likeness (QED) is 0.438. The van der Waals surface area contributed by atoms with Crippen molar-refractivity contribution in [3.63, 3.8) is 0 Å². The van der Waals surface area contributed by atoms with Crippen molar-refractivity contribution in [3.8, 4) is 5.75 Å². The Hall–Kier alpha value is -2.12. The van der Waals surface area contributed by atoms with Crippen LogP contribution in [0, 0.1) is 12.7 Å². The Labute approximate surface area is 167 Å². The van der Waals surface area contributed by atoms with Gasteiger partial charge in [0.2, 0.25) is 0 Å². The number of aromatic hydroxyl groups is 1. The van der Waals surface area contributed by atoms with Gasteiger partial charge in [0, 0.05) is 41.9 Å². The number of hydrogen-bond acceptors (Lipinski definition) is 3. The number of piperazine rings is 1. The summed E-state index contributed by atoms with van der Waals surface area (Å²) in [4.78, 5) is 9.15. The minimum absolute atomic E-state index is 0.229. The van der Waals surface area contributed by atoms with Crippen LogP contribution >= 0.6 is 15.9 Å². The molecule has 3 rings (SSSR count). The maximum Gasteiger partial charge on any atom is 0.198 e. The van der Waals surface area contributed by atoms with Crippen molar-refractivity contribution in [2.75, 3.05) is 38.5 Å².